The van der Waals surface area contributed by atoms with Crippen LogP contribution in [0.5, 0.6) is 11.5 Å². The van der Waals surface area contributed by atoms with E-state index in [-0.39, 0.29) is 17.6 Å². The van der Waals surface area contributed by atoms with Crippen LogP contribution in [0.1, 0.15) is 39.1 Å². The van der Waals surface area contributed by atoms with Crippen LogP contribution in [0.15, 0.2) is 36.4 Å². The molecule has 0 unspecified atom stereocenters. The average molecular weight is 493 g/mol. The lowest BCUT2D eigenvalue weighted by Gasteiger charge is -2.31. The number of halogens is 1. The number of nitrogens with zero attached hydrogens (tertiary/aromatic N) is 1. The van der Waals surface area contributed by atoms with E-state index in [1.54, 1.807) is 26.4 Å². The number of hydrogen-bond acceptors (Lipinski definition) is 4. The van der Waals surface area contributed by atoms with Crippen molar-refractivity contribution in [3.63, 3.8) is 0 Å². The fourth-order valence-electron chi connectivity index (χ4n) is 3.49. The van der Waals surface area contributed by atoms with Crippen LogP contribution in [-0.4, -0.2) is 43.9 Å². The number of likely N-dealkylation sites (tertiary alicyclic amines) is 1. The minimum atomic E-state index is -0.0356. The Labute approximate surface area is 179 Å². The third kappa shape index (κ3) is 4.32. The topological polar surface area (TPSA) is 55.8 Å². The van der Waals surface area contributed by atoms with E-state index in [1.807, 2.05) is 36.1 Å². The number of aryl methyl sites for hydroxylation is 1. The van der Waals surface area contributed by atoms with Gasteiger partial charge in [-0.2, -0.15) is 0 Å². The Bertz CT molecular complexity index is 871. The third-order valence-corrected chi connectivity index (χ3v) is 6.09. The Morgan fingerprint density at radius 1 is 1.00 bits per heavy atom. The van der Waals surface area contributed by atoms with Crippen molar-refractivity contribution in [2.24, 2.45) is 5.92 Å². The maximum Gasteiger partial charge on any atom is 0.255 e. The van der Waals surface area contributed by atoms with Crippen LogP contribution in [-0.2, 0) is 0 Å². The van der Waals surface area contributed by atoms with Crippen LogP contribution >= 0.6 is 22.6 Å². The quantitative estimate of drug-likeness (QED) is 0.459. The number of benzene rings is 2. The number of ether oxygens (including phenoxy) is 2. The van der Waals surface area contributed by atoms with Crippen LogP contribution in [0.2, 0.25) is 0 Å². The van der Waals surface area contributed by atoms with E-state index in [4.69, 9.17) is 9.47 Å². The van der Waals surface area contributed by atoms with Gasteiger partial charge in [0.15, 0.2) is 17.3 Å². The van der Waals surface area contributed by atoms with E-state index < -0.39 is 0 Å². The third-order valence-electron chi connectivity index (χ3n) is 5.19. The molecule has 0 aliphatic carbocycles. The molecule has 0 aromatic heterocycles. The Balaban J connectivity index is 1.68. The predicted molar refractivity (Wildman–Crippen MR) is 116 cm³/mol. The molecule has 0 bridgehead atoms. The van der Waals surface area contributed by atoms with Gasteiger partial charge in [-0.25, -0.2) is 0 Å². The second kappa shape index (κ2) is 8.94. The summed E-state index contributed by atoms with van der Waals surface area (Å²) in [5.74, 6) is 1.25. The van der Waals surface area contributed by atoms with Crippen molar-refractivity contribution in [3.8, 4) is 11.5 Å². The highest BCUT2D eigenvalue weighted by Gasteiger charge is 2.29. The molecule has 3 rings (SSSR count). The highest BCUT2D eigenvalue weighted by atomic mass is 127. The Morgan fingerprint density at radius 3 is 2.14 bits per heavy atom. The van der Waals surface area contributed by atoms with Crippen LogP contribution in [0, 0.1) is 16.4 Å². The first-order valence-electron chi connectivity index (χ1n) is 9.26. The molecule has 6 heteroatoms. The lowest BCUT2D eigenvalue weighted by Crippen LogP contribution is -2.40. The van der Waals surface area contributed by atoms with Gasteiger partial charge in [-0.3, -0.25) is 9.59 Å². The van der Waals surface area contributed by atoms with E-state index in [2.05, 4.69) is 22.6 Å². The number of Topliss-reactive ketones (excluding diaryl/α,β-unsaturated/α-hetero) is 1. The molecular formula is C22H24INO4. The molecule has 1 heterocycles. The molecule has 2 aromatic rings. The van der Waals surface area contributed by atoms with E-state index in [1.165, 1.54) is 0 Å². The second-order valence-corrected chi connectivity index (χ2v) is 8.15. The standard InChI is InChI=1S/C22H24INO4/c1-14-4-6-15(7-5-14)21(25)16-8-10-24(11-9-16)22(26)17-12-19(27-2)20(28-3)13-18(17)23/h4-7,12-13,16H,8-11H2,1-3H3. The lowest BCUT2D eigenvalue weighted by atomic mass is 9.88. The highest BCUT2D eigenvalue weighted by molar-refractivity contribution is 14.1. The van der Waals surface area contributed by atoms with E-state index in [0.29, 0.717) is 43.0 Å². The summed E-state index contributed by atoms with van der Waals surface area (Å²) in [6.45, 7) is 3.16. The van der Waals surface area contributed by atoms with Gasteiger partial charge in [0.1, 0.15) is 0 Å². The molecule has 0 N–H and O–H groups in total. The van der Waals surface area contributed by atoms with Crippen molar-refractivity contribution in [2.45, 2.75) is 19.8 Å². The molecule has 0 atom stereocenters. The summed E-state index contributed by atoms with van der Waals surface area (Å²) in [6, 6.07) is 11.2. The number of piperidine rings is 1. The minimum Gasteiger partial charge on any atom is -0.493 e. The van der Waals surface area contributed by atoms with Gasteiger partial charge < -0.3 is 14.4 Å². The molecule has 1 aliphatic heterocycles. The van der Waals surface area contributed by atoms with E-state index >= 15 is 0 Å². The maximum atomic E-state index is 13.0. The SMILES string of the molecule is COc1cc(I)c(C(=O)N2CCC(C(=O)c3ccc(C)cc3)CC2)cc1OC. The van der Waals surface area contributed by atoms with Gasteiger partial charge >= 0.3 is 0 Å². The molecule has 2 aromatic carbocycles. The number of methoxy groups -OCH3 is 2. The number of hydrogen-bond donors (Lipinski definition) is 0. The smallest absolute Gasteiger partial charge is 0.255 e. The first-order chi connectivity index (χ1) is 13.4. The largest absolute Gasteiger partial charge is 0.493 e. The predicted octanol–water partition coefficient (Wildman–Crippen LogP) is 4.35. The van der Waals surface area contributed by atoms with E-state index in [9.17, 15) is 9.59 Å². The van der Waals surface area contributed by atoms with Crippen LogP contribution in [0.25, 0.3) is 0 Å². The van der Waals surface area contributed by atoms with Gasteiger partial charge in [-0.05, 0) is 54.5 Å². The van der Waals surface area contributed by atoms with Crippen molar-refractivity contribution in [2.75, 3.05) is 27.3 Å². The molecule has 0 radical (unpaired) electrons. The number of carbonyl (C=O) groups is 2. The van der Waals surface area contributed by atoms with Gasteiger partial charge in [0.05, 0.1) is 19.8 Å². The molecule has 1 aliphatic rings. The van der Waals surface area contributed by atoms with Gasteiger partial charge in [0, 0.05) is 28.1 Å². The van der Waals surface area contributed by atoms with Gasteiger partial charge in [0.25, 0.3) is 5.91 Å². The average Bonchev–Trinajstić information content (AvgIpc) is 2.73. The fourth-order valence-corrected chi connectivity index (χ4v) is 4.16. The Morgan fingerprint density at radius 2 is 1.57 bits per heavy atom. The first kappa shape index (κ1) is 20.6. The molecule has 1 saturated heterocycles. The van der Waals surface area contributed by atoms with E-state index in [0.717, 1.165) is 14.7 Å². The minimum absolute atomic E-state index is 0.0313. The van der Waals surface area contributed by atoms with Crippen molar-refractivity contribution in [3.05, 3.63) is 56.7 Å². The summed E-state index contributed by atoms with van der Waals surface area (Å²) in [6.07, 6.45) is 1.37. The Kier molecular flexibility index (Phi) is 6.59. The molecule has 28 heavy (non-hydrogen) atoms. The number of amides is 1. The molecular weight excluding hydrogens is 469 g/mol. The van der Waals surface area contributed by atoms with Gasteiger partial charge in [-0.1, -0.05) is 29.8 Å². The maximum absolute atomic E-state index is 13.0. The molecule has 1 fully saturated rings. The first-order valence-corrected chi connectivity index (χ1v) is 10.3. The zero-order chi connectivity index (χ0) is 20.3. The normalized spacial score (nSPS) is 14.6. The van der Waals surface area contributed by atoms with Gasteiger partial charge in [0.2, 0.25) is 0 Å². The zero-order valence-electron chi connectivity index (χ0n) is 16.3. The van der Waals surface area contributed by atoms with Crippen LogP contribution in [0.4, 0.5) is 0 Å². The monoisotopic (exact) mass is 493 g/mol. The summed E-state index contributed by atoms with van der Waals surface area (Å²) in [4.78, 5) is 27.6. The second-order valence-electron chi connectivity index (χ2n) is 6.98. The van der Waals surface area contributed by atoms with Crippen LogP contribution < -0.4 is 9.47 Å². The number of rotatable bonds is 5. The summed E-state index contributed by atoms with van der Waals surface area (Å²) < 4.78 is 11.4. The Hall–Kier alpha value is -2.09. The van der Waals surface area contributed by atoms with Crippen molar-refractivity contribution in [1.29, 1.82) is 0 Å². The van der Waals surface area contributed by atoms with Gasteiger partial charge in [-0.15, -0.1) is 0 Å². The molecule has 0 spiro atoms. The van der Waals surface area contributed by atoms with Crippen LogP contribution in [0.3, 0.4) is 0 Å². The number of carbonyl (C=O) groups excluding carboxylic acids is 2. The summed E-state index contributed by atoms with van der Waals surface area (Å²) >= 11 is 2.14. The van der Waals surface area contributed by atoms with Crippen molar-refractivity contribution >= 4 is 34.3 Å². The summed E-state index contributed by atoms with van der Waals surface area (Å²) in [7, 11) is 3.13. The zero-order valence-corrected chi connectivity index (χ0v) is 18.5. The fraction of sp³-hybridized carbons (Fsp3) is 0.364. The molecule has 1 amide bonds. The summed E-state index contributed by atoms with van der Waals surface area (Å²) in [5, 5.41) is 0. The molecule has 148 valence electrons. The molecule has 5 nitrogen and oxygen atoms in total. The summed E-state index contributed by atoms with van der Waals surface area (Å²) in [5.41, 5.74) is 2.49. The molecule has 0 saturated carbocycles. The van der Waals surface area contributed by atoms with Crippen molar-refractivity contribution < 1.29 is 19.1 Å². The highest BCUT2D eigenvalue weighted by Crippen LogP contribution is 2.32. The lowest BCUT2D eigenvalue weighted by molar-refractivity contribution is 0.0649. The van der Waals surface area contributed by atoms with Crippen molar-refractivity contribution in [1.82, 2.24) is 4.90 Å². The number of ketones is 1.